The van der Waals surface area contributed by atoms with Crippen molar-refractivity contribution < 1.29 is 23.2 Å². The van der Waals surface area contributed by atoms with E-state index in [4.69, 9.17) is 0 Å². The summed E-state index contributed by atoms with van der Waals surface area (Å²) in [6, 6.07) is 0. The van der Waals surface area contributed by atoms with Gasteiger partial charge in [0.1, 0.15) is 0 Å². The first kappa shape index (κ1) is 13.4. The van der Waals surface area contributed by atoms with Gasteiger partial charge in [0.05, 0.1) is 0 Å². The average molecular weight is 257 g/mol. The summed E-state index contributed by atoms with van der Waals surface area (Å²) in [6.07, 6.45) is 0. The van der Waals surface area contributed by atoms with Gasteiger partial charge < -0.3 is 0 Å². The van der Waals surface area contributed by atoms with E-state index in [0.717, 1.165) is 0 Å². The van der Waals surface area contributed by atoms with E-state index < -0.39 is 0 Å². The summed E-state index contributed by atoms with van der Waals surface area (Å²) in [4.78, 5) is 0. The molecule has 1 aliphatic rings. The molecule has 0 saturated carbocycles. The van der Waals surface area contributed by atoms with Crippen LogP contribution in [0.3, 0.4) is 0 Å². The molecule has 0 aromatic heterocycles. The first-order chi connectivity index (χ1) is 5.97. The molecule has 0 bridgehead atoms. The van der Waals surface area contributed by atoms with Crippen molar-refractivity contribution in [2.45, 2.75) is 43.9 Å². The van der Waals surface area contributed by atoms with Gasteiger partial charge in [0.25, 0.3) is 0 Å². The molecule has 0 atom stereocenters. The van der Waals surface area contributed by atoms with E-state index in [-0.39, 0.29) is 23.2 Å². The van der Waals surface area contributed by atoms with Crippen molar-refractivity contribution in [2.24, 2.45) is 0 Å². The molecular formula is C12H21Zr. The second-order valence-electron chi connectivity index (χ2n) is 3.62. The third-order valence-corrected chi connectivity index (χ3v) is 2.81. The van der Waals surface area contributed by atoms with Gasteiger partial charge in [-0.15, -0.1) is 0 Å². The molecule has 0 heterocycles. The zero-order chi connectivity index (χ0) is 10.6. The van der Waals surface area contributed by atoms with E-state index in [1.807, 2.05) is 0 Å². The third-order valence-electron chi connectivity index (χ3n) is 2.81. The van der Waals surface area contributed by atoms with Crippen molar-refractivity contribution in [3.05, 3.63) is 28.2 Å². The van der Waals surface area contributed by atoms with Gasteiger partial charge in [-0.1, -0.05) is 18.1 Å². The standard InChI is InChI=1S/C10H15.2CH3.Zr/c1-6-7(2)9(4)10(5)8(6)3;;;/h1-5H3;2*1H3;. The van der Waals surface area contributed by atoms with E-state index in [1.54, 1.807) is 0 Å². The minimum atomic E-state index is 0.230. The summed E-state index contributed by atoms with van der Waals surface area (Å²) >= 11 is 0.230. The molecule has 0 spiro atoms. The van der Waals surface area contributed by atoms with Gasteiger partial charge in [0.15, 0.2) is 0 Å². The van der Waals surface area contributed by atoms with Crippen molar-refractivity contribution in [3.8, 4) is 0 Å². The Bertz CT molecular complexity index is 210. The van der Waals surface area contributed by atoms with E-state index in [2.05, 4.69) is 43.9 Å². The number of allylic oxidation sites excluding steroid dienone is 4. The predicted octanol–water partition coefficient (Wildman–Crippen LogP) is 4.43. The molecule has 0 aromatic carbocycles. The third kappa shape index (κ3) is 3.20. The molecule has 0 N–H and O–H groups in total. The molecule has 0 unspecified atom stereocenters. The van der Waals surface area contributed by atoms with Crippen LogP contribution in [0, 0.1) is 5.92 Å². The monoisotopic (exact) mass is 255 g/mol. The fourth-order valence-corrected chi connectivity index (χ4v) is 1.41. The maximum atomic E-state index is 2.30. The summed E-state index contributed by atoms with van der Waals surface area (Å²) in [5.41, 5.74) is 5.87. The first-order valence-corrected chi connectivity index (χ1v) is 9.67. The first-order valence-electron chi connectivity index (χ1n) is 4.75. The molecule has 13 heavy (non-hydrogen) atoms. The topological polar surface area (TPSA) is 0 Å². The molecular weight excluding hydrogens is 235 g/mol. The summed E-state index contributed by atoms with van der Waals surface area (Å²) < 4.78 is 4.59. The Balaban J connectivity index is 0.000000424. The van der Waals surface area contributed by atoms with E-state index >= 15 is 0 Å². The average Bonchev–Trinajstić information content (AvgIpc) is 2.25. The zero-order valence-electron chi connectivity index (χ0n) is 10.0. The van der Waals surface area contributed by atoms with Crippen LogP contribution in [0.4, 0.5) is 0 Å². The Hall–Kier alpha value is 0.363. The molecule has 1 rings (SSSR count). The van der Waals surface area contributed by atoms with Crippen LogP contribution in [0.1, 0.15) is 34.6 Å². The molecule has 0 nitrogen and oxygen atoms in total. The zero-order valence-corrected chi connectivity index (χ0v) is 12.5. The number of hydrogen-bond donors (Lipinski definition) is 0. The molecule has 0 fully saturated rings. The summed E-state index contributed by atoms with van der Waals surface area (Å²) in [5.74, 6) is 1.47. The van der Waals surface area contributed by atoms with Gasteiger partial charge in [-0.3, -0.25) is 0 Å². The Kier molecular flexibility index (Phi) is 6.13. The van der Waals surface area contributed by atoms with Crippen LogP contribution in [-0.2, 0) is 23.2 Å². The van der Waals surface area contributed by atoms with Gasteiger partial charge in [0, 0.05) is 5.92 Å². The Morgan fingerprint density at radius 3 is 0.923 bits per heavy atom. The van der Waals surface area contributed by atoms with Gasteiger partial charge in [-0.2, -0.15) is 0 Å². The molecule has 73 valence electrons. The van der Waals surface area contributed by atoms with Crippen LogP contribution in [0.5, 0.6) is 0 Å². The molecule has 0 saturated heterocycles. The van der Waals surface area contributed by atoms with E-state index in [9.17, 15) is 0 Å². The van der Waals surface area contributed by atoms with Gasteiger partial charge in [0.2, 0.25) is 0 Å². The second-order valence-corrected chi connectivity index (χ2v) is 6.08. The van der Waals surface area contributed by atoms with Crippen molar-refractivity contribution in [3.63, 3.8) is 0 Å². The van der Waals surface area contributed by atoms with Gasteiger partial charge in [-0.25, -0.2) is 0 Å². The van der Waals surface area contributed by atoms with Crippen molar-refractivity contribution in [1.82, 2.24) is 0 Å². The van der Waals surface area contributed by atoms with Gasteiger partial charge >= 0.3 is 32.5 Å². The Labute approximate surface area is 95.1 Å². The van der Waals surface area contributed by atoms with Crippen LogP contribution < -0.4 is 0 Å². The maximum absolute atomic E-state index is 2.30. The second kappa shape index (κ2) is 5.96. The van der Waals surface area contributed by atoms with E-state index in [0.29, 0.717) is 0 Å². The normalized spacial score (nSPS) is 17.5. The Morgan fingerprint density at radius 1 is 0.615 bits per heavy atom. The SMILES string of the molecule is C[C]1C(C)=C(C)C(C)=C1C.[CH3][Zr][CH3]. The molecule has 1 radical (unpaired) electrons. The van der Waals surface area contributed by atoms with Crippen LogP contribution >= 0.6 is 0 Å². The number of rotatable bonds is 0. The van der Waals surface area contributed by atoms with Crippen molar-refractivity contribution in [2.75, 3.05) is 0 Å². The number of hydrogen-bond acceptors (Lipinski definition) is 0. The molecule has 1 heteroatoms. The van der Waals surface area contributed by atoms with Crippen molar-refractivity contribution >= 4 is 0 Å². The predicted molar refractivity (Wildman–Crippen MR) is 57.4 cm³/mol. The van der Waals surface area contributed by atoms with E-state index in [1.165, 1.54) is 28.2 Å². The van der Waals surface area contributed by atoms with Crippen LogP contribution in [0.15, 0.2) is 22.3 Å². The summed E-state index contributed by atoms with van der Waals surface area (Å²) in [5, 5.41) is 0. The van der Waals surface area contributed by atoms with Crippen LogP contribution in [-0.4, -0.2) is 0 Å². The minimum absolute atomic E-state index is 0.230. The fraction of sp³-hybridized carbons (Fsp3) is 0.583. The Morgan fingerprint density at radius 2 is 0.846 bits per heavy atom. The molecule has 0 amide bonds. The summed E-state index contributed by atoms with van der Waals surface area (Å²) in [6.45, 7) is 11.0. The van der Waals surface area contributed by atoms with Crippen LogP contribution in [0.25, 0.3) is 0 Å². The van der Waals surface area contributed by atoms with Crippen LogP contribution in [0.2, 0.25) is 9.26 Å². The fourth-order valence-electron chi connectivity index (χ4n) is 1.41. The quantitative estimate of drug-likeness (QED) is 0.601. The molecule has 0 aromatic rings. The summed E-state index contributed by atoms with van der Waals surface area (Å²) in [7, 11) is 0. The molecule has 0 aliphatic heterocycles. The van der Waals surface area contributed by atoms with Gasteiger partial charge in [-0.05, 0) is 38.8 Å². The molecule has 1 aliphatic carbocycles. The van der Waals surface area contributed by atoms with Crippen molar-refractivity contribution in [1.29, 1.82) is 0 Å².